The van der Waals surface area contributed by atoms with Gasteiger partial charge in [0, 0.05) is 25.4 Å². The van der Waals surface area contributed by atoms with E-state index in [2.05, 4.69) is 9.97 Å². The lowest BCUT2D eigenvalue weighted by molar-refractivity contribution is -0.132. The molecule has 1 aliphatic rings. The second kappa shape index (κ2) is 7.39. The number of aromatic nitrogens is 2. The lowest BCUT2D eigenvalue weighted by atomic mass is 10.1. The van der Waals surface area contributed by atoms with Gasteiger partial charge in [-0.3, -0.25) is 9.78 Å². The Morgan fingerprint density at radius 1 is 1.15 bits per heavy atom. The number of hydrogen-bond donors (Lipinski definition) is 0. The van der Waals surface area contributed by atoms with Crippen LogP contribution in [-0.2, 0) is 4.79 Å². The summed E-state index contributed by atoms with van der Waals surface area (Å²) >= 11 is 0. The number of carbonyl (C=O) groups is 1. The first-order valence-electron chi connectivity index (χ1n) is 8.60. The number of nitrogens with zero attached hydrogens (tertiary/aromatic N) is 3. The first kappa shape index (κ1) is 16.3. The van der Waals surface area contributed by atoms with E-state index in [0.717, 1.165) is 17.2 Å². The third kappa shape index (κ3) is 3.74. The van der Waals surface area contributed by atoms with Gasteiger partial charge >= 0.3 is 0 Å². The minimum absolute atomic E-state index is 0.0240. The Labute approximate surface area is 151 Å². The van der Waals surface area contributed by atoms with Crippen LogP contribution in [0.5, 0.6) is 11.6 Å². The fraction of sp³-hybridized carbons (Fsp3) is 0.250. The van der Waals surface area contributed by atoms with Gasteiger partial charge in [0.05, 0.1) is 12.7 Å². The maximum Gasteiger partial charge on any atom is 0.260 e. The number of fused-ring (bicyclic) bond motifs is 1. The van der Waals surface area contributed by atoms with E-state index in [0.29, 0.717) is 24.7 Å². The summed E-state index contributed by atoms with van der Waals surface area (Å²) in [4.78, 5) is 22.2. The van der Waals surface area contributed by atoms with E-state index in [4.69, 9.17) is 9.47 Å². The maximum atomic E-state index is 12.4. The van der Waals surface area contributed by atoms with Crippen molar-refractivity contribution in [2.45, 2.75) is 12.5 Å². The van der Waals surface area contributed by atoms with Gasteiger partial charge in [0.2, 0.25) is 5.88 Å². The highest BCUT2D eigenvalue weighted by molar-refractivity contribution is 5.84. The molecule has 3 aromatic rings. The molecule has 2 heterocycles. The minimum atomic E-state index is -0.0590. The van der Waals surface area contributed by atoms with Crippen LogP contribution in [0, 0.1) is 0 Å². The standard InChI is InChI=1S/C20H19N3O3/c24-20(14-25-17-6-5-15-3-1-2-4-16(15)11-17)23-10-7-18(13-23)26-19-12-21-8-9-22-19/h1-6,8-9,11-12,18H,7,10,13-14H2. The lowest BCUT2D eigenvalue weighted by Crippen LogP contribution is -2.34. The smallest absolute Gasteiger partial charge is 0.260 e. The molecule has 26 heavy (non-hydrogen) atoms. The molecule has 0 N–H and O–H groups in total. The van der Waals surface area contributed by atoms with Gasteiger partial charge in [0.25, 0.3) is 5.91 Å². The molecular formula is C20H19N3O3. The van der Waals surface area contributed by atoms with E-state index in [1.165, 1.54) is 0 Å². The molecule has 1 fully saturated rings. The highest BCUT2D eigenvalue weighted by atomic mass is 16.5. The summed E-state index contributed by atoms with van der Waals surface area (Å²) in [6, 6.07) is 13.9. The Balaban J connectivity index is 1.30. The van der Waals surface area contributed by atoms with E-state index in [1.54, 1.807) is 23.5 Å². The number of benzene rings is 2. The second-order valence-corrected chi connectivity index (χ2v) is 6.21. The Bertz CT molecular complexity index is 901. The molecule has 2 aromatic carbocycles. The van der Waals surface area contributed by atoms with Crippen molar-refractivity contribution in [2.75, 3.05) is 19.7 Å². The van der Waals surface area contributed by atoms with Gasteiger partial charge in [-0.2, -0.15) is 0 Å². The molecule has 4 rings (SSSR count). The van der Waals surface area contributed by atoms with Gasteiger partial charge in [-0.1, -0.05) is 30.3 Å². The van der Waals surface area contributed by atoms with Gasteiger partial charge in [-0.25, -0.2) is 4.98 Å². The first-order chi connectivity index (χ1) is 12.8. The second-order valence-electron chi connectivity index (χ2n) is 6.21. The predicted molar refractivity (Wildman–Crippen MR) is 97.1 cm³/mol. The molecule has 1 atom stereocenters. The van der Waals surface area contributed by atoms with Gasteiger partial charge in [-0.05, 0) is 22.9 Å². The highest BCUT2D eigenvalue weighted by Gasteiger charge is 2.28. The number of hydrogen-bond acceptors (Lipinski definition) is 5. The average Bonchev–Trinajstić information content (AvgIpc) is 3.15. The molecule has 0 bridgehead atoms. The summed E-state index contributed by atoms with van der Waals surface area (Å²) in [5, 5.41) is 2.24. The van der Waals surface area contributed by atoms with Gasteiger partial charge in [-0.15, -0.1) is 0 Å². The van der Waals surface area contributed by atoms with Crippen LogP contribution < -0.4 is 9.47 Å². The average molecular weight is 349 g/mol. The summed E-state index contributed by atoms with van der Waals surface area (Å²) in [5.74, 6) is 1.14. The van der Waals surface area contributed by atoms with Crippen molar-refractivity contribution in [1.82, 2.24) is 14.9 Å². The zero-order valence-electron chi connectivity index (χ0n) is 14.2. The lowest BCUT2D eigenvalue weighted by Gasteiger charge is -2.17. The van der Waals surface area contributed by atoms with Gasteiger partial charge < -0.3 is 14.4 Å². The Hall–Kier alpha value is -3.15. The Kier molecular flexibility index (Phi) is 4.64. The van der Waals surface area contributed by atoms with Crippen LogP contribution in [-0.4, -0.2) is 46.6 Å². The molecule has 0 radical (unpaired) electrons. The summed E-state index contributed by atoms with van der Waals surface area (Å²) in [6.07, 6.45) is 5.48. The summed E-state index contributed by atoms with van der Waals surface area (Å²) in [7, 11) is 0. The molecule has 6 nitrogen and oxygen atoms in total. The fourth-order valence-electron chi connectivity index (χ4n) is 3.06. The molecule has 1 saturated heterocycles. The van der Waals surface area contributed by atoms with E-state index in [-0.39, 0.29) is 18.6 Å². The van der Waals surface area contributed by atoms with Crippen molar-refractivity contribution >= 4 is 16.7 Å². The first-order valence-corrected chi connectivity index (χ1v) is 8.60. The van der Waals surface area contributed by atoms with E-state index in [1.807, 2.05) is 42.5 Å². The van der Waals surface area contributed by atoms with Crippen LogP contribution in [0.4, 0.5) is 0 Å². The maximum absolute atomic E-state index is 12.4. The van der Waals surface area contributed by atoms with Crippen LogP contribution in [0.3, 0.4) is 0 Å². The van der Waals surface area contributed by atoms with E-state index < -0.39 is 0 Å². The van der Waals surface area contributed by atoms with Crippen molar-refractivity contribution in [1.29, 1.82) is 0 Å². The molecule has 6 heteroatoms. The van der Waals surface area contributed by atoms with Crippen LogP contribution in [0.15, 0.2) is 61.1 Å². The monoisotopic (exact) mass is 349 g/mol. The largest absolute Gasteiger partial charge is 0.484 e. The summed E-state index contributed by atoms with van der Waals surface area (Å²) < 4.78 is 11.4. The molecule has 0 saturated carbocycles. The molecule has 1 unspecified atom stereocenters. The zero-order valence-corrected chi connectivity index (χ0v) is 14.2. The molecule has 0 aliphatic carbocycles. The highest BCUT2D eigenvalue weighted by Crippen LogP contribution is 2.21. The number of rotatable bonds is 5. The number of carbonyl (C=O) groups excluding carboxylic acids is 1. The molecule has 1 aliphatic heterocycles. The predicted octanol–water partition coefficient (Wildman–Crippen LogP) is 2.69. The van der Waals surface area contributed by atoms with Crippen molar-refractivity contribution in [3.63, 3.8) is 0 Å². The van der Waals surface area contributed by atoms with Crippen LogP contribution in [0.25, 0.3) is 10.8 Å². The normalized spacial score (nSPS) is 16.6. The van der Waals surface area contributed by atoms with Crippen molar-refractivity contribution in [2.24, 2.45) is 0 Å². The Morgan fingerprint density at radius 3 is 2.88 bits per heavy atom. The van der Waals surface area contributed by atoms with Crippen molar-refractivity contribution in [3.05, 3.63) is 61.1 Å². The third-order valence-corrected chi connectivity index (χ3v) is 4.41. The van der Waals surface area contributed by atoms with Crippen LogP contribution in [0.2, 0.25) is 0 Å². The number of likely N-dealkylation sites (tertiary alicyclic amines) is 1. The molecule has 132 valence electrons. The SMILES string of the molecule is O=C(COc1ccc2ccccc2c1)N1CCC(Oc2cnccn2)C1. The molecule has 1 aromatic heterocycles. The number of ether oxygens (including phenoxy) is 2. The van der Waals surface area contributed by atoms with E-state index in [9.17, 15) is 4.79 Å². The quantitative estimate of drug-likeness (QED) is 0.709. The molecular weight excluding hydrogens is 330 g/mol. The van der Waals surface area contributed by atoms with Crippen LogP contribution in [0.1, 0.15) is 6.42 Å². The fourth-order valence-corrected chi connectivity index (χ4v) is 3.06. The topological polar surface area (TPSA) is 64.5 Å². The Morgan fingerprint density at radius 2 is 2.04 bits per heavy atom. The summed E-state index contributed by atoms with van der Waals surface area (Å²) in [5.41, 5.74) is 0. The third-order valence-electron chi connectivity index (χ3n) is 4.41. The molecule has 0 spiro atoms. The molecule has 1 amide bonds. The van der Waals surface area contributed by atoms with Crippen LogP contribution >= 0.6 is 0 Å². The van der Waals surface area contributed by atoms with Crippen molar-refractivity contribution in [3.8, 4) is 11.6 Å². The van der Waals surface area contributed by atoms with E-state index >= 15 is 0 Å². The minimum Gasteiger partial charge on any atom is -0.484 e. The van der Waals surface area contributed by atoms with Crippen molar-refractivity contribution < 1.29 is 14.3 Å². The van der Waals surface area contributed by atoms with Gasteiger partial charge in [0.1, 0.15) is 11.9 Å². The number of amides is 1. The zero-order chi connectivity index (χ0) is 17.8. The van der Waals surface area contributed by atoms with Gasteiger partial charge in [0.15, 0.2) is 6.61 Å². The summed E-state index contributed by atoms with van der Waals surface area (Å²) in [6.45, 7) is 1.22.